The fourth-order valence-electron chi connectivity index (χ4n) is 1.60. The molecule has 19 heavy (non-hydrogen) atoms. The molecule has 0 N–H and O–H groups in total. The number of hydrogen-bond acceptors (Lipinski definition) is 3. The van der Waals surface area contributed by atoms with Gasteiger partial charge < -0.3 is 0 Å². The van der Waals surface area contributed by atoms with Crippen LogP contribution in [0.3, 0.4) is 0 Å². The molecule has 1 aromatic rings. The van der Waals surface area contributed by atoms with Crippen LogP contribution >= 0.6 is 34.5 Å². The fourth-order valence-corrected chi connectivity index (χ4v) is 3.10. The Hall–Kier alpha value is -0.300. The number of Topliss-reactive ketones (excluding diaryl/α,β-unsaturated/α-hetero) is 1. The number of halogens is 5. The number of carbonyl (C=O) groups excluding carboxylic acids is 1. The highest BCUT2D eigenvalue weighted by molar-refractivity contribution is 7.20. The molecule has 0 radical (unpaired) electrons. The third kappa shape index (κ3) is 5.69. The highest BCUT2D eigenvalue weighted by Gasteiger charge is 2.31. The summed E-state index contributed by atoms with van der Waals surface area (Å²) in [4.78, 5) is 13.0. The Morgan fingerprint density at radius 3 is 2.47 bits per heavy atom. The smallest absolute Gasteiger partial charge is 0.293 e. The molecule has 0 unspecified atom stereocenters. The van der Waals surface area contributed by atoms with Gasteiger partial charge in [0.1, 0.15) is 4.34 Å². The van der Waals surface area contributed by atoms with Crippen LogP contribution in [0.1, 0.15) is 23.7 Å². The summed E-state index contributed by atoms with van der Waals surface area (Å²) >= 11 is 12.5. The van der Waals surface area contributed by atoms with E-state index >= 15 is 0 Å². The second-order valence-electron chi connectivity index (χ2n) is 3.99. The molecule has 0 aliphatic rings. The van der Waals surface area contributed by atoms with Crippen LogP contribution in [0.2, 0.25) is 8.67 Å². The fraction of sp³-hybridized carbons (Fsp3) is 0.545. The maximum atomic E-state index is 12.4. The van der Waals surface area contributed by atoms with Crippen molar-refractivity contribution in [3.05, 3.63) is 20.3 Å². The van der Waals surface area contributed by atoms with E-state index in [-0.39, 0.29) is 23.0 Å². The van der Waals surface area contributed by atoms with Crippen molar-refractivity contribution in [3.63, 3.8) is 0 Å². The monoisotopic (exact) mass is 333 g/mol. The van der Waals surface area contributed by atoms with E-state index in [4.69, 9.17) is 23.2 Å². The van der Waals surface area contributed by atoms with Gasteiger partial charge in [-0.2, -0.15) is 13.2 Å². The largest absolute Gasteiger partial charge is 0.401 e. The highest BCUT2D eigenvalue weighted by atomic mass is 35.5. The van der Waals surface area contributed by atoms with Crippen molar-refractivity contribution in [3.8, 4) is 0 Å². The lowest BCUT2D eigenvalue weighted by atomic mass is 10.2. The van der Waals surface area contributed by atoms with Gasteiger partial charge in [-0.3, -0.25) is 9.69 Å². The van der Waals surface area contributed by atoms with E-state index in [2.05, 4.69) is 0 Å². The van der Waals surface area contributed by atoms with E-state index in [1.165, 1.54) is 6.07 Å². The molecule has 1 rings (SSSR count). The normalized spacial score (nSPS) is 12.2. The molecule has 108 valence electrons. The van der Waals surface area contributed by atoms with Gasteiger partial charge in [-0.05, 0) is 19.0 Å². The summed E-state index contributed by atoms with van der Waals surface area (Å²) in [7, 11) is 0. The Morgan fingerprint density at radius 2 is 2.05 bits per heavy atom. The summed E-state index contributed by atoms with van der Waals surface area (Å²) in [5.41, 5.74) is 0.181. The molecule has 8 heteroatoms. The zero-order valence-corrected chi connectivity index (χ0v) is 12.4. The lowest BCUT2D eigenvalue weighted by Gasteiger charge is -2.22. The number of nitrogens with zero attached hydrogens (tertiary/aromatic N) is 1. The van der Waals surface area contributed by atoms with Crippen molar-refractivity contribution in [2.45, 2.75) is 19.5 Å². The summed E-state index contributed by atoms with van der Waals surface area (Å²) in [5.74, 6) is -0.453. The SMILES string of the molecule is CCCN(CC(=O)c1cc(Cl)sc1Cl)CC(F)(F)F. The maximum absolute atomic E-state index is 12.4. The lowest BCUT2D eigenvalue weighted by molar-refractivity contribution is -0.144. The Kier molecular flexibility index (Phi) is 6.11. The van der Waals surface area contributed by atoms with E-state index in [9.17, 15) is 18.0 Å². The standard InChI is InChI=1S/C11H12Cl2F3NOS/c1-2-3-17(6-11(14,15)16)5-8(18)7-4-9(12)19-10(7)13/h4H,2-3,5-6H2,1H3. The van der Waals surface area contributed by atoms with Crippen molar-refractivity contribution >= 4 is 40.3 Å². The molecule has 0 aliphatic heterocycles. The van der Waals surface area contributed by atoms with Crippen LogP contribution in [-0.4, -0.2) is 36.5 Å². The van der Waals surface area contributed by atoms with Gasteiger partial charge in [-0.1, -0.05) is 30.1 Å². The van der Waals surface area contributed by atoms with E-state index in [1.807, 2.05) is 0 Å². The average molecular weight is 334 g/mol. The van der Waals surface area contributed by atoms with Gasteiger partial charge in [0.15, 0.2) is 5.78 Å². The second-order valence-corrected chi connectivity index (χ2v) is 6.27. The first-order valence-corrected chi connectivity index (χ1v) is 7.07. The quantitative estimate of drug-likeness (QED) is 0.714. The van der Waals surface area contributed by atoms with Crippen molar-refractivity contribution in [2.75, 3.05) is 19.6 Å². The summed E-state index contributed by atoms with van der Waals surface area (Å²) in [6, 6.07) is 1.38. The number of ketones is 1. The van der Waals surface area contributed by atoms with Gasteiger partial charge >= 0.3 is 6.18 Å². The van der Waals surface area contributed by atoms with Gasteiger partial charge in [-0.15, -0.1) is 11.3 Å². The molecular formula is C11H12Cl2F3NOS. The van der Waals surface area contributed by atoms with Crippen molar-refractivity contribution < 1.29 is 18.0 Å². The molecule has 1 heterocycles. The van der Waals surface area contributed by atoms with Crippen LogP contribution in [0.15, 0.2) is 6.07 Å². The first-order chi connectivity index (χ1) is 8.73. The van der Waals surface area contributed by atoms with Crippen LogP contribution in [0.4, 0.5) is 13.2 Å². The lowest BCUT2D eigenvalue weighted by Crippen LogP contribution is -2.38. The van der Waals surface area contributed by atoms with Gasteiger partial charge in [0.2, 0.25) is 0 Å². The number of thiophene rings is 1. The number of carbonyl (C=O) groups is 1. The Labute approximate surface area is 123 Å². The maximum Gasteiger partial charge on any atom is 0.401 e. The molecule has 0 aliphatic carbocycles. The third-order valence-corrected chi connectivity index (χ3v) is 3.75. The zero-order valence-electron chi connectivity index (χ0n) is 10.1. The molecule has 0 bridgehead atoms. The minimum Gasteiger partial charge on any atom is -0.293 e. The molecule has 0 aromatic carbocycles. The zero-order chi connectivity index (χ0) is 14.6. The number of hydrogen-bond donors (Lipinski definition) is 0. The Bertz CT molecular complexity index is 448. The minimum atomic E-state index is -4.33. The van der Waals surface area contributed by atoms with Gasteiger partial charge in [0.25, 0.3) is 0 Å². The molecule has 0 spiro atoms. The summed E-state index contributed by atoms with van der Waals surface area (Å²) in [5, 5.41) is 0. The molecule has 1 aromatic heterocycles. The predicted molar refractivity (Wildman–Crippen MR) is 71.5 cm³/mol. The Balaban J connectivity index is 2.73. The molecule has 0 atom stereocenters. The van der Waals surface area contributed by atoms with Crippen molar-refractivity contribution in [2.24, 2.45) is 0 Å². The van der Waals surface area contributed by atoms with E-state index in [0.717, 1.165) is 16.2 Å². The van der Waals surface area contributed by atoms with Crippen LogP contribution in [0.25, 0.3) is 0 Å². The van der Waals surface area contributed by atoms with E-state index in [0.29, 0.717) is 10.8 Å². The number of rotatable bonds is 6. The van der Waals surface area contributed by atoms with E-state index < -0.39 is 18.5 Å². The first kappa shape index (κ1) is 16.8. The van der Waals surface area contributed by atoms with Gasteiger partial charge in [0.05, 0.1) is 23.0 Å². The van der Waals surface area contributed by atoms with Crippen LogP contribution in [-0.2, 0) is 0 Å². The average Bonchev–Trinajstić information content (AvgIpc) is 2.55. The number of alkyl halides is 3. The van der Waals surface area contributed by atoms with Crippen LogP contribution < -0.4 is 0 Å². The van der Waals surface area contributed by atoms with E-state index in [1.54, 1.807) is 6.92 Å². The molecule has 0 amide bonds. The highest BCUT2D eigenvalue weighted by Crippen LogP contribution is 2.31. The van der Waals surface area contributed by atoms with Crippen molar-refractivity contribution in [1.29, 1.82) is 0 Å². The molecule has 0 saturated carbocycles. The first-order valence-electron chi connectivity index (χ1n) is 5.50. The third-order valence-electron chi connectivity index (χ3n) is 2.27. The Morgan fingerprint density at radius 1 is 1.42 bits per heavy atom. The molecule has 0 fully saturated rings. The van der Waals surface area contributed by atoms with Gasteiger partial charge in [-0.25, -0.2) is 0 Å². The van der Waals surface area contributed by atoms with Crippen LogP contribution in [0, 0.1) is 0 Å². The van der Waals surface area contributed by atoms with Gasteiger partial charge in [0, 0.05) is 0 Å². The topological polar surface area (TPSA) is 20.3 Å². The minimum absolute atomic E-state index is 0.181. The summed E-state index contributed by atoms with van der Waals surface area (Å²) in [6.45, 7) is 0.519. The molecule has 0 saturated heterocycles. The summed E-state index contributed by atoms with van der Waals surface area (Å²) < 4.78 is 37.6. The summed E-state index contributed by atoms with van der Waals surface area (Å²) in [6.07, 6.45) is -3.80. The molecular weight excluding hydrogens is 322 g/mol. The van der Waals surface area contributed by atoms with Crippen molar-refractivity contribution in [1.82, 2.24) is 4.90 Å². The van der Waals surface area contributed by atoms with Crippen LogP contribution in [0.5, 0.6) is 0 Å². The second kappa shape index (κ2) is 6.92. The predicted octanol–water partition coefficient (Wildman–Crippen LogP) is 4.51. The molecule has 2 nitrogen and oxygen atoms in total.